The van der Waals surface area contributed by atoms with Gasteiger partial charge in [0.15, 0.2) is 0 Å². The molecule has 2 aromatic carbocycles. The van der Waals surface area contributed by atoms with Crippen molar-refractivity contribution < 1.29 is 28.7 Å². The average Bonchev–Trinajstić information content (AvgIpc) is 3.90. The number of aryl methyl sites for hydroxylation is 1. The van der Waals surface area contributed by atoms with Crippen molar-refractivity contribution in [3.05, 3.63) is 77.6 Å². The van der Waals surface area contributed by atoms with Crippen LogP contribution >= 0.6 is 0 Å². The number of likely N-dealkylation sites (N-methyl/N-ethyl adjacent to an activating group) is 1. The number of hydrogen-bond donors (Lipinski definition) is 3. The third-order valence-corrected chi connectivity index (χ3v) is 12.7. The van der Waals surface area contributed by atoms with Crippen molar-refractivity contribution in [3.8, 4) is 22.4 Å². The molecule has 3 amide bonds. The van der Waals surface area contributed by atoms with E-state index in [1.807, 2.05) is 39.0 Å². The molecule has 0 spiro atoms. The standard InChI is InChI=1S/C48H63N7O6/c1-9-54-40-18-17-33-25-36(40)37(43(54)35-15-11-20-50-41(35)30(4)60-8)26-48(5,6)28-61-47(59)38-16-12-22-55(52-38)46(58)39(24-31-13-10-14-32(33)23-31)51-44(56)42(29(2)3)53(7)45(57)34-19-21-49-27-34/h10-11,13-15,17-18,20,23,25,29-30,34,38-39,42,49,52H,9,12,16,19,21-22,24,26-28H2,1-8H3,(H,51,56)/t30-,34-,38-,39?,42-/m0/s1. The summed E-state index contributed by atoms with van der Waals surface area (Å²) in [6, 6.07) is 16.2. The topological polar surface area (TPSA) is 147 Å². The van der Waals surface area contributed by atoms with E-state index < -0.39 is 35.4 Å². The summed E-state index contributed by atoms with van der Waals surface area (Å²) in [4.78, 5) is 62.7. The molecule has 2 aromatic heterocycles. The molecule has 0 radical (unpaired) electrons. The van der Waals surface area contributed by atoms with E-state index in [0.29, 0.717) is 38.8 Å². The van der Waals surface area contributed by atoms with E-state index in [-0.39, 0.29) is 42.8 Å². The number of pyridine rings is 1. The lowest BCUT2D eigenvalue weighted by atomic mass is 9.84. The number of rotatable bonds is 9. The molecule has 4 aromatic rings. The zero-order valence-corrected chi connectivity index (χ0v) is 37.0. The van der Waals surface area contributed by atoms with Gasteiger partial charge in [-0.25, -0.2) is 5.43 Å². The fourth-order valence-electron chi connectivity index (χ4n) is 9.46. The predicted octanol–water partition coefficient (Wildman–Crippen LogP) is 5.84. The van der Waals surface area contributed by atoms with Crippen molar-refractivity contribution in [3.63, 3.8) is 0 Å². The molecular formula is C48H63N7O6. The number of aromatic nitrogens is 2. The van der Waals surface area contributed by atoms with Gasteiger partial charge in [0.25, 0.3) is 5.91 Å². The van der Waals surface area contributed by atoms with Crippen LogP contribution in [-0.2, 0) is 48.0 Å². The first-order valence-corrected chi connectivity index (χ1v) is 22.0. The number of methoxy groups -OCH3 is 1. The molecule has 5 atom stereocenters. The first-order chi connectivity index (χ1) is 29.2. The maximum Gasteiger partial charge on any atom is 0.324 e. The molecule has 3 N–H and O–H groups in total. The molecule has 6 bridgehead atoms. The third kappa shape index (κ3) is 9.24. The van der Waals surface area contributed by atoms with Gasteiger partial charge in [-0.3, -0.25) is 29.2 Å². The van der Waals surface area contributed by atoms with Gasteiger partial charge in [0.05, 0.1) is 30.0 Å². The van der Waals surface area contributed by atoms with Crippen LogP contribution in [0.5, 0.6) is 0 Å². The zero-order valence-electron chi connectivity index (χ0n) is 37.0. The number of benzene rings is 2. The van der Waals surface area contributed by atoms with Gasteiger partial charge >= 0.3 is 5.97 Å². The van der Waals surface area contributed by atoms with Crippen molar-refractivity contribution in [1.29, 1.82) is 0 Å². The Balaban J connectivity index is 1.32. The Morgan fingerprint density at radius 1 is 1.07 bits per heavy atom. The minimum Gasteiger partial charge on any atom is -0.464 e. The molecule has 1 unspecified atom stereocenters. The minimum atomic E-state index is -0.987. The molecule has 326 valence electrons. The SMILES string of the molecule is CCn1c(-c2cccnc2[C@H](C)OC)c2c3cc(ccc31)-c1cccc(c1)CC(NC(=O)[C@H](C(C)C)N(C)C(=O)[C@H]1CCNC1)C(=O)N1CCC[C@H](N1)C(=O)OCC(C)(C)C2. The number of amides is 3. The lowest BCUT2D eigenvalue weighted by Crippen LogP contribution is -2.62. The molecule has 0 aliphatic carbocycles. The van der Waals surface area contributed by atoms with Crippen molar-refractivity contribution in [2.75, 3.05) is 40.4 Å². The predicted molar refractivity (Wildman–Crippen MR) is 236 cm³/mol. The van der Waals surface area contributed by atoms with E-state index in [1.165, 1.54) is 5.01 Å². The quantitative estimate of drug-likeness (QED) is 0.177. The van der Waals surface area contributed by atoms with Gasteiger partial charge in [0.1, 0.15) is 18.1 Å². The van der Waals surface area contributed by atoms with Crippen molar-refractivity contribution in [2.24, 2.45) is 17.3 Å². The average molecular weight is 834 g/mol. The summed E-state index contributed by atoms with van der Waals surface area (Å²) in [7, 11) is 3.38. The first kappa shape index (κ1) is 44.0. The molecule has 2 saturated heterocycles. The summed E-state index contributed by atoms with van der Waals surface area (Å²) in [5.41, 5.74) is 10.7. The summed E-state index contributed by atoms with van der Waals surface area (Å²) in [5.74, 6) is -1.68. The van der Waals surface area contributed by atoms with Crippen molar-refractivity contribution in [2.45, 2.75) is 104 Å². The number of nitrogens with one attached hydrogen (secondary N) is 3. The van der Waals surface area contributed by atoms with Gasteiger partial charge < -0.3 is 29.6 Å². The highest BCUT2D eigenvalue weighted by atomic mass is 16.5. The fourth-order valence-corrected chi connectivity index (χ4v) is 9.46. The van der Waals surface area contributed by atoms with Crippen molar-refractivity contribution >= 4 is 34.6 Å². The van der Waals surface area contributed by atoms with E-state index >= 15 is 0 Å². The number of nitrogens with zero attached hydrogens (tertiary/aromatic N) is 4. The molecule has 5 heterocycles. The van der Waals surface area contributed by atoms with Crippen LogP contribution in [0.15, 0.2) is 60.8 Å². The van der Waals surface area contributed by atoms with Crippen LogP contribution in [0.1, 0.15) is 83.7 Å². The highest BCUT2D eigenvalue weighted by Crippen LogP contribution is 2.42. The van der Waals surface area contributed by atoms with Gasteiger partial charge in [0, 0.05) is 68.3 Å². The van der Waals surface area contributed by atoms with Gasteiger partial charge in [-0.1, -0.05) is 58.0 Å². The van der Waals surface area contributed by atoms with Gasteiger partial charge in [-0.15, -0.1) is 0 Å². The van der Waals surface area contributed by atoms with Crippen LogP contribution in [-0.4, -0.2) is 102 Å². The van der Waals surface area contributed by atoms with Crippen molar-refractivity contribution in [1.82, 2.24) is 35.5 Å². The lowest BCUT2D eigenvalue weighted by molar-refractivity contribution is -0.155. The number of cyclic esters (lactones) is 1. The van der Waals surface area contributed by atoms with Crippen LogP contribution in [0.2, 0.25) is 0 Å². The summed E-state index contributed by atoms with van der Waals surface area (Å²) >= 11 is 0. The second-order valence-corrected chi connectivity index (χ2v) is 18.2. The zero-order chi connectivity index (χ0) is 43.6. The smallest absolute Gasteiger partial charge is 0.324 e. The Kier molecular flexibility index (Phi) is 13.3. The second-order valence-electron chi connectivity index (χ2n) is 18.2. The number of carbonyl (C=O) groups excluding carboxylic acids is 4. The molecule has 13 nitrogen and oxygen atoms in total. The Hall–Kier alpha value is -5.11. The normalized spacial score (nSPS) is 21.8. The molecule has 13 heteroatoms. The lowest BCUT2D eigenvalue weighted by Gasteiger charge is -2.37. The molecule has 7 rings (SSSR count). The fraction of sp³-hybridized carbons (Fsp3) is 0.521. The summed E-state index contributed by atoms with van der Waals surface area (Å²) < 4.78 is 14.3. The summed E-state index contributed by atoms with van der Waals surface area (Å²) in [6.07, 6.45) is 4.16. The maximum atomic E-state index is 14.6. The summed E-state index contributed by atoms with van der Waals surface area (Å²) in [5, 5.41) is 8.89. The highest BCUT2D eigenvalue weighted by molar-refractivity contribution is 5.96. The van der Waals surface area contributed by atoms with Gasteiger partial charge in [-0.05, 0) is 98.5 Å². The van der Waals surface area contributed by atoms with Crippen LogP contribution < -0.4 is 16.1 Å². The van der Waals surface area contributed by atoms with E-state index in [9.17, 15) is 19.2 Å². The van der Waals surface area contributed by atoms with E-state index in [2.05, 4.69) is 77.8 Å². The largest absolute Gasteiger partial charge is 0.464 e. The molecular weight excluding hydrogens is 771 g/mol. The molecule has 61 heavy (non-hydrogen) atoms. The maximum absolute atomic E-state index is 14.6. The van der Waals surface area contributed by atoms with Gasteiger partial charge in [0.2, 0.25) is 11.8 Å². The van der Waals surface area contributed by atoms with Gasteiger partial charge in [-0.2, -0.15) is 0 Å². The van der Waals surface area contributed by atoms with E-state index in [4.69, 9.17) is 14.5 Å². The van der Waals surface area contributed by atoms with Crippen LogP contribution in [0.4, 0.5) is 0 Å². The number of carbonyl (C=O) groups is 4. The molecule has 2 fully saturated rings. The number of fused-ring (bicyclic) bond motifs is 6. The third-order valence-electron chi connectivity index (χ3n) is 12.7. The first-order valence-electron chi connectivity index (χ1n) is 22.0. The number of hydrazine groups is 1. The molecule has 3 aliphatic heterocycles. The Labute approximate surface area is 359 Å². The molecule has 0 saturated carbocycles. The van der Waals surface area contributed by atoms with Crippen LogP contribution in [0.3, 0.4) is 0 Å². The van der Waals surface area contributed by atoms with E-state index in [1.54, 1.807) is 25.3 Å². The Bertz CT molecular complexity index is 2260. The minimum absolute atomic E-state index is 0.0863. The number of esters is 1. The monoisotopic (exact) mass is 833 g/mol. The molecule has 3 aliphatic rings. The Morgan fingerprint density at radius 2 is 1.85 bits per heavy atom. The highest BCUT2D eigenvalue weighted by Gasteiger charge is 2.39. The van der Waals surface area contributed by atoms with Crippen LogP contribution in [0, 0.1) is 17.3 Å². The van der Waals surface area contributed by atoms with E-state index in [0.717, 1.165) is 63.2 Å². The number of hydrogen-bond acceptors (Lipinski definition) is 9. The number of ether oxygens (including phenoxy) is 2. The summed E-state index contributed by atoms with van der Waals surface area (Å²) in [6.45, 7) is 14.8. The second kappa shape index (κ2) is 18.5. The Morgan fingerprint density at radius 3 is 2.57 bits per heavy atom. The van der Waals surface area contributed by atoms with Crippen LogP contribution in [0.25, 0.3) is 33.3 Å².